The van der Waals surface area contributed by atoms with Gasteiger partial charge in [0.2, 0.25) is 0 Å². The molecule has 0 saturated carbocycles. The fourth-order valence-electron chi connectivity index (χ4n) is 0.649. The normalized spacial score (nSPS) is 11.4. The molecule has 0 rings (SSSR count). The number of carbonyl (C=O) groups is 2. The van der Waals surface area contributed by atoms with Crippen LogP contribution in [0.2, 0.25) is 0 Å². The zero-order valence-electron chi connectivity index (χ0n) is 9.88. The predicted octanol–water partition coefficient (Wildman–Crippen LogP) is 2.24. The molecule has 17 heavy (non-hydrogen) atoms. The molecular weight excluding hydrogens is 228 g/mol. The molecule has 6 heteroatoms. The molecule has 0 aromatic heterocycles. The van der Waals surface area contributed by atoms with Crippen molar-refractivity contribution < 1.29 is 30.0 Å². The number of aliphatic hydroxyl groups excluding tert-OH is 2. The molecule has 0 radical (unpaired) electrons. The van der Waals surface area contributed by atoms with Gasteiger partial charge in [0.1, 0.15) is 0 Å². The van der Waals surface area contributed by atoms with Crippen LogP contribution in [-0.2, 0) is 9.59 Å². The molecule has 6 nitrogen and oxygen atoms in total. The molecule has 0 spiro atoms. The average molecular weight is 246 g/mol. The van der Waals surface area contributed by atoms with E-state index >= 15 is 0 Å². The molecule has 0 aliphatic heterocycles. The molecule has 4 N–H and O–H groups in total. The Kier molecular flexibility index (Phi) is 10.8. The van der Waals surface area contributed by atoms with E-state index in [-0.39, 0.29) is 0 Å². The Bertz CT molecular complexity index is 303. The van der Waals surface area contributed by atoms with Crippen molar-refractivity contribution in [3.8, 4) is 0 Å². The SMILES string of the molecule is CC/C=C(\O)C(=O)O.CCC/C=C(\O)C(=O)O. The van der Waals surface area contributed by atoms with E-state index in [2.05, 4.69) is 0 Å². The van der Waals surface area contributed by atoms with Crippen molar-refractivity contribution in [2.45, 2.75) is 33.1 Å². The fraction of sp³-hybridized carbons (Fsp3) is 0.455. The molecule has 0 aromatic rings. The molecule has 0 aliphatic carbocycles. The van der Waals surface area contributed by atoms with Crippen LogP contribution in [0.4, 0.5) is 0 Å². The highest BCUT2D eigenvalue weighted by atomic mass is 16.4. The second-order valence-corrected chi connectivity index (χ2v) is 2.99. The number of unbranched alkanes of at least 4 members (excludes halogenated alkanes) is 1. The molecule has 0 atom stereocenters. The molecule has 0 aromatic carbocycles. The summed E-state index contributed by atoms with van der Waals surface area (Å²) in [4.78, 5) is 19.7. The summed E-state index contributed by atoms with van der Waals surface area (Å²) in [6, 6.07) is 0. The first-order valence-corrected chi connectivity index (χ1v) is 5.11. The summed E-state index contributed by atoms with van der Waals surface area (Å²) in [5, 5.41) is 33.0. The lowest BCUT2D eigenvalue weighted by molar-refractivity contribution is -0.136. The number of hydrogen-bond donors (Lipinski definition) is 4. The maximum absolute atomic E-state index is 9.89. The van der Waals surface area contributed by atoms with Crippen LogP contribution < -0.4 is 0 Å². The van der Waals surface area contributed by atoms with Gasteiger partial charge < -0.3 is 20.4 Å². The number of hydrogen-bond acceptors (Lipinski definition) is 4. The summed E-state index contributed by atoms with van der Waals surface area (Å²) in [6.45, 7) is 3.66. The van der Waals surface area contributed by atoms with Gasteiger partial charge in [-0.25, -0.2) is 9.59 Å². The molecule has 0 aliphatic rings. The zero-order valence-corrected chi connectivity index (χ0v) is 9.88. The Morgan fingerprint density at radius 1 is 0.882 bits per heavy atom. The Balaban J connectivity index is 0. The number of carboxylic acids is 2. The van der Waals surface area contributed by atoms with Crippen LogP contribution in [0.1, 0.15) is 33.1 Å². The Morgan fingerprint density at radius 3 is 1.53 bits per heavy atom. The lowest BCUT2D eigenvalue weighted by Gasteiger charge is -1.88. The lowest BCUT2D eigenvalue weighted by Crippen LogP contribution is -1.98. The smallest absolute Gasteiger partial charge is 0.370 e. The van der Waals surface area contributed by atoms with Crippen molar-refractivity contribution in [1.82, 2.24) is 0 Å². The highest BCUT2D eigenvalue weighted by Gasteiger charge is 2.00. The third-order valence-corrected chi connectivity index (χ3v) is 1.46. The van der Waals surface area contributed by atoms with E-state index in [9.17, 15) is 9.59 Å². The summed E-state index contributed by atoms with van der Waals surface area (Å²) in [5.41, 5.74) is 0. The van der Waals surface area contributed by atoms with Crippen LogP contribution in [0.5, 0.6) is 0 Å². The second-order valence-electron chi connectivity index (χ2n) is 2.99. The maximum Gasteiger partial charge on any atom is 0.370 e. The summed E-state index contributed by atoms with van der Waals surface area (Å²) in [6.07, 6.45) is 4.53. The highest BCUT2D eigenvalue weighted by Crippen LogP contribution is 1.94. The van der Waals surface area contributed by atoms with E-state index in [1.807, 2.05) is 6.92 Å². The lowest BCUT2D eigenvalue weighted by atomic mass is 10.3. The molecule has 0 unspecified atom stereocenters. The minimum absolute atomic E-state index is 0.540. The number of rotatable bonds is 5. The van der Waals surface area contributed by atoms with Crippen molar-refractivity contribution in [3.05, 3.63) is 23.7 Å². The number of aliphatic carboxylic acids is 2. The minimum Gasteiger partial charge on any atom is -0.502 e. The third kappa shape index (κ3) is 11.9. The maximum atomic E-state index is 9.89. The second kappa shape index (κ2) is 10.5. The van der Waals surface area contributed by atoms with Gasteiger partial charge in [0, 0.05) is 0 Å². The predicted molar refractivity (Wildman–Crippen MR) is 61.9 cm³/mol. The van der Waals surface area contributed by atoms with Gasteiger partial charge in [0.15, 0.2) is 11.5 Å². The Labute approximate surface area is 99.5 Å². The average Bonchev–Trinajstić information content (AvgIpc) is 2.26. The van der Waals surface area contributed by atoms with Crippen LogP contribution in [0, 0.1) is 0 Å². The minimum atomic E-state index is -1.27. The molecule has 0 bridgehead atoms. The Hall–Kier alpha value is -1.98. The largest absolute Gasteiger partial charge is 0.502 e. The van der Waals surface area contributed by atoms with Gasteiger partial charge in [-0.15, -0.1) is 0 Å². The van der Waals surface area contributed by atoms with Crippen molar-refractivity contribution in [1.29, 1.82) is 0 Å². The monoisotopic (exact) mass is 246 g/mol. The van der Waals surface area contributed by atoms with E-state index in [0.717, 1.165) is 6.42 Å². The third-order valence-electron chi connectivity index (χ3n) is 1.46. The van der Waals surface area contributed by atoms with Crippen molar-refractivity contribution >= 4 is 11.9 Å². The van der Waals surface area contributed by atoms with Crippen LogP contribution in [-0.4, -0.2) is 32.4 Å². The van der Waals surface area contributed by atoms with Gasteiger partial charge in [-0.3, -0.25) is 0 Å². The first-order chi connectivity index (χ1) is 7.86. The standard InChI is InChI=1S/C6H10O3.C5H8O3/c1-2-3-4-5(7)6(8)9;1-2-3-4(6)5(7)8/h4,7H,2-3H2,1H3,(H,8,9);3,6H,2H2,1H3,(H,7,8)/b5-4-;4-3-. The molecular formula is C11H18O6. The first-order valence-electron chi connectivity index (χ1n) is 5.11. The molecule has 0 amide bonds. The van der Waals surface area contributed by atoms with E-state index < -0.39 is 23.5 Å². The zero-order chi connectivity index (χ0) is 13.8. The van der Waals surface area contributed by atoms with E-state index in [4.69, 9.17) is 20.4 Å². The van der Waals surface area contributed by atoms with Gasteiger partial charge >= 0.3 is 11.9 Å². The van der Waals surface area contributed by atoms with Crippen LogP contribution >= 0.6 is 0 Å². The summed E-state index contributed by atoms with van der Waals surface area (Å²) < 4.78 is 0. The number of aliphatic hydroxyl groups is 2. The number of allylic oxidation sites excluding steroid dienone is 2. The van der Waals surface area contributed by atoms with Crippen molar-refractivity contribution in [2.75, 3.05) is 0 Å². The van der Waals surface area contributed by atoms with Crippen molar-refractivity contribution in [2.24, 2.45) is 0 Å². The molecule has 0 saturated heterocycles. The van der Waals surface area contributed by atoms with Gasteiger partial charge in [0.05, 0.1) is 0 Å². The van der Waals surface area contributed by atoms with E-state index in [1.165, 1.54) is 12.2 Å². The molecule has 0 heterocycles. The van der Waals surface area contributed by atoms with E-state index in [1.54, 1.807) is 6.92 Å². The van der Waals surface area contributed by atoms with Gasteiger partial charge in [-0.2, -0.15) is 0 Å². The topological polar surface area (TPSA) is 115 Å². The Morgan fingerprint density at radius 2 is 1.29 bits per heavy atom. The summed E-state index contributed by atoms with van der Waals surface area (Å²) >= 11 is 0. The highest BCUT2D eigenvalue weighted by molar-refractivity contribution is 5.83. The van der Waals surface area contributed by atoms with Gasteiger partial charge in [-0.1, -0.05) is 20.3 Å². The quantitative estimate of drug-likeness (QED) is 0.436. The first kappa shape index (κ1) is 17.4. The number of carboxylic acid groups (broad SMARTS) is 2. The summed E-state index contributed by atoms with van der Waals surface area (Å²) in [5.74, 6) is -3.67. The van der Waals surface area contributed by atoms with Crippen LogP contribution in [0.3, 0.4) is 0 Å². The molecule has 98 valence electrons. The van der Waals surface area contributed by atoms with Crippen LogP contribution in [0.15, 0.2) is 23.7 Å². The van der Waals surface area contributed by atoms with Crippen LogP contribution in [0.25, 0.3) is 0 Å². The summed E-state index contributed by atoms with van der Waals surface area (Å²) in [7, 11) is 0. The fourth-order valence-corrected chi connectivity index (χ4v) is 0.649. The molecule has 0 fully saturated rings. The van der Waals surface area contributed by atoms with E-state index in [0.29, 0.717) is 12.8 Å². The van der Waals surface area contributed by atoms with Gasteiger partial charge in [0.25, 0.3) is 0 Å². The van der Waals surface area contributed by atoms with Crippen molar-refractivity contribution in [3.63, 3.8) is 0 Å². The van der Waals surface area contributed by atoms with Gasteiger partial charge in [-0.05, 0) is 25.0 Å².